The highest BCUT2D eigenvalue weighted by molar-refractivity contribution is 7.04. The zero-order chi connectivity index (χ0) is 14.3. The van der Waals surface area contributed by atoms with E-state index < -0.39 is 8.07 Å². The summed E-state index contributed by atoms with van der Waals surface area (Å²) in [4.78, 5) is 0. The van der Waals surface area contributed by atoms with Crippen LogP contribution in [0.3, 0.4) is 0 Å². The molecule has 2 aromatic rings. The van der Waals surface area contributed by atoms with E-state index in [1.807, 2.05) is 0 Å². The van der Waals surface area contributed by atoms with Gasteiger partial charge in [0.05, 0.1) is 0 Å². The van der Waals surface area contributed by atoms with Gasteiger partial charge in [-0.05, 0) is 28.6 Å². The first-order chi connectivity index (χ1) is 9.58. The molecule has 0 nitrogen and oxygen atoms in total. The highest BCUT2D eigenvalue weighted by Gasteiger charge is 2.47. The van der Waals surface area contributed by atoms with E-state index in [0.29, 0.717) is 0 Å². The van der Waals surface area contributed by atoms with Crippen molar-refractivity contribution >= 4 is 18.4 Å². The molecular weight excluding hydrogens is 256 g/mol. The molecule has 20 heavy (non-hydrogen) atoms. The van der Waals surface area contributed by atoms with Crippen LogP contribution in [0.4, 0.5) is 0 Å². The van der Waals surface area contributed by atoms with Crippen LogP contribution in [0.5, 0.6) is 0 Å². The number of hydrogen-bond acceptors (Lipinski definition) is 0. The van der Waals surface area contributed by atoms with Gasteiger partial charge in [0.15, 0.2) is 0 Å². The first-order valence-corrected chi connectivity index (χ1v) is 9.90. The lowest BCUT2D eigenvalue weighted by Crippen LogP contribution is -2.66. The van der Waals surface area contributed by atoms with Gasteiger partial charge in [0.1, 0.15) is 8.07 Å². The van der Waals surface area contributed by atoms with E-state index in [2.05, 4.69) is 76.2 Å². The smallest absolute Gasteiger partial charge is 0.0645 e. The lowest BCUT2D eigenvalue weighted by molar-refractivity contribution is 0.919. The maximum atomic E-state index is 2.44. The van der Waals surface area contributed by atoms with E-state index in [0.717, 1.165) is 17.5 Å². The van der Waals surface area contributed by atoms with Crippen molar-refractivity contribution in [3.63, 3.8) is 0 Å². The summed E-state index contributed by atoms with van der Waals surface area (Å²) in [6.45, 7) is 9.74. The van der Waals surface area contributed by atoms with Gasteiger partial charge in [0, 0.05) is 0 Å². The Hall–Kier alpha value is -1.34. The molecule has 0 saturated heterocycles. The van der Waals surface area contributed by atoms with Crippen molar-refractivity contribution < 1.29 is 0 Å². The maximum absolute atomic E-state index is 2.44. The Balaban J connectivity index is 2.37. The molecule has 1 heterocycles. The molecule has 0 saturated carbocycles. The monoisotopic (exact) mass is 280 g/mol. The van der Waals surface area contributed by atoms with Gasteiger partial charge in [0.25, 0.3) is 0 Å². The van der Waals surface area contributed by atoms with Gasteiger partial charge < -0.3 is 0 Å². The summed E-state index contributed by atoms with van der Waals surface area (Å²) in [6.07, 6.45) is 1.11. The summed E-state index contributed by atoms with van der Waals surface area (Å²) in [5.74, 6) is 0. The molecule has 1 heteroatoms. The Morgan fingerprint density at radius 1 is 0.700 bits per heavy atom. The SMILES string of the molecule is CC(C)[Si]1(C(C)C)c2ccccc2Cc2ccccc21. The molecule has 2 aromatic carbocycles. The second kappa shape index (κ2) is 4.89. The normalized spacial score (nSPS) is 16.1. The van der Waals surface area contributed by atoms with Crippen LogP contribution in [0, 0.1) is 0 Å². The molecule has 1 aliphatic rings. The Morgan fingerprint density at radius 3 is 1.50 bits per heavy atom. The van der Waals surface area contributed by atoms with Crippen LogP contribution in [0.2, 0.25) is 11.1 Å². The standard InChI is InChI=1S/C19H24Si/c1-14(2)20(15(3)4)18-11-7-5-9-16(18)13-17-10-6-8-12-19(17)20/h5-12,14-15H,13H2,1-4H3. The van der Waals surface area contributed by atoms with Crippen LogP contribution >= 0.6 is 0 Å². The van der Waals surface area contributed by atoms with E-state index in [4.69, 9.17) is 0 Å². The molecule has 3 rings (SSSR count). The molecule has 0 amide bonds. The summed E-state index contributed by atoms with van der Waals surface area (Å²) in [5, 5.41) is 3.37. The highest BCUT2D eigenvalue weighted by atomic mass is 28.3. The number of fused-ring (bicyclic) bond motifs is 2. The van der Waals surface area contributed by atoms with E-state index in [-0.39, 0.29) is 0 Å². The fourth-order valence-corrected chi connectivity index (χ4v) is 10.7. The first-order valence-electron chi connectivity index (χ1n) is 7.75. The van der Waals surface area contributed by atoms with Gasteiger partial charge in [-0.1, -0.05) is 86.6 Å². The minimum absolute atomic E-state index is 0.727. The van der Waals surface area contributed by atoms with Crippen molar-refractivity contribution in [3.05, 3.63) is 59.7 Å². The van der Waals surface area contributed by atoms with Crippen molar-refractivity contribution in [2.75, 3.05) is 0 Å². The van der Waals surface area contributed by atoms with Gasteiger partial charge in [-0.3, -0.25) is 0 Å². The van der Waals surface area contributed by atoms with E-state index in [9.17, 15) is 0 Å². The van der Waals surface area contributed by atoms with Gasteiger partial charge in [-0.15, -0.1) is 0 Å². The largest absolute Gasteiger partial charge is 0.123 e. The Morgan fingerprint density at radius 2 is 1.10 bits per heavy atom. The summed E-state index contributed by atoms with van der Waals surface area (Å²) in [5.41, 5.74) is 4.59. The molecule has 0 N–H and O–H groups in total. The molecule has 1 aliphatic heterocycles. The Bertz CT molecular complexity index is 570. The molecule has 104 valence electrons. The van der Waals surface area contributed by atoms with Gasteiger partial charge in [0.2, 0.25) is 0 Å². The van der Waals surface area contributed by atoms with Crippen LogP contribution in [-0.2, 0) is 6.42 Å². The molecule has 0 fully saturated rings. The maximum Gasteiger partial charge on any atom is 0.123 e. The Labute approximate surface area is 123 Å². The van der Waals surface area contributed by atoms with Crippen molar-refractivity contribution in [1.82, 2.24) is 0 Å². The van der Waals surface area contributed by atoms with Crippen LogP contribution in [0.25, 0.3) is 0 Å². The third kappa shape index (κ3) is 1.72. The van der Waals surface area contributed by atoms with Gasteiger partial charge >= 0.3 is 0 Å². The fraction of sp³-hybridized carbons (Fsp3) is 0.368. The number of rotatable bonds is 2. The summed E-state index contributed by atoms with van der Waals surface area (Å²) in [7, 11) is -1.68. The van der Waals surface area contributed by atoms with Crippen molar-refractivity contribution in [2.24, 2.45) is 0 Å². The van der Waals surface area contributed by atoms with Crippen LogP contribution in [0.1, 0.15) is 38.8 Å². The first kappa shape index (κ1) is 13.6. The molecule has 0 aromatic heterocycles. The van der Waals surface area contributed by atoms with E-state index in [1.165, 1.54) is 0 Å². The van der Waals surface area contributed by atoms with Crippen LogP contribution < -0.4 is 10.4 Å². The lowest BCUT2D eigenvalue weighted by atomic mass is 10.0. The van der Waals surface area contributed by atoms with E-state index in [1.54, 1.807) is 21.5 Å². The average Bonchev–Trinajstić information content (AvgIpc) is 2.43. The summed E-state index contributed by atoms with van der Waals surface area (Å²) in [6, 6.07) is 18.4. The zero-order valence-electron chi connectivity index (χ0n) is 13.0. The molecule has 0 spiro atoms. The summed E-state index contributed by atoms with van der Waals surface area (Å²) >= 11 is 0. The van der Waals surface area contributed by atoms with Gasteiger partial charge in [-0.25, -0.2) is 0 Å². The molecule has 0 bridgehead atoms. The Kier molecular flexibility index (Phi) is 3.33. The third-order valence-corrected chi connectivity index (χ3v) is 11.5. The van der Waals surface area contributed by atoms with Crippen molar-refractivity contribution in [1.29, 1.82) is 0 Å². The quantitative estimate of drug-likeness (QED) is 0.730. The van der Waals surface area contributed by atoms with Crippen LogP contribution in [-0.4, -0.2) is 8.07 Å². The zero-order valence-corrected chi connectivity index (χ0v) is 14.0. The third-order valence-electron chi connectivity index (χ3n) is 5.13. The molecule has 0 aliphatic carbocycles. The highest BCUT2D eigenvalue weighted by Crippen LogP contribution is 2.36. The minimum Gasteiger partial charge on any atom is -0.0645 e. The molecular formula is C19H24Si. The summed E-state index contributed by atoms with van der Waals surface area (Å²) < 4.78 is 0. The molecule has 0 unspecified atom stereocenters. The number of hydrogen-bond donors (Lipinski definition) is 0. The predicted octanol–water partition coefficient (Wildman–Crippen LogP) is 3.97. The lowest BCUT2D eigenvalue weighted by Gasteiger charge is -2.45. The van der Waals surface area contributed by atoms with Crippen molar-refractivity contribution in [2.45, 2.75) is 45.2 Å². The van der Waals surface area contributed by atoms with Crippen molar-refractivity contribution in [3.8, 4) is 0 Å². The topological polar surface area (TPSA) is 0 Å². The minimum atomic E-state index is -1.68. The second-order valence-corrected chi connectivity index (χ2v) is 11.8. The number of benzene rings is 2. The van der Waals surface area contributed by atoms with Crippen LogP contribution in [0.15, 0.2) is 48.5 Å². The average molecular weight is 280 g/mol. The molecule has 0 radical (unpaired) electrons. The fourth-order valence-electron chi connectivity index (χ4n) is 4.42. The second-order valence-electron chi connectivity index (χ2n) is 6.67. The van der Waals surface area contributed by atoms with E-state index >= 15 is 0 Å². The predicted molar refractivity (Wildman–Crippen MR) is 90.9 cm³/mol. The van der Waals surface area contributed by atoms with Gasteiger partial charge in [-0.2, -0.15) is 0 Å². The molecule has 0 atom stereocenters.